The molecule has 5 heteroatoms. The zero-order valence-electron chi connectivity index (χ0n) is 19.7. The van der Waals surface area contributed by atoms with E-state index in [1.165, 1.54) is 44.6 Å². The third-order valence-corrected chi connectivity index (χ3v) is 8.60. The first-order valence-corrected chi connectivity index (χ1v) is 12.9. The van der Waals surface area contributed by atoms with Crippen LogP contribution in [0.2, 0.25) is 5.02 Å². The second-order valence-electron chi connectivity index (χ2n) is 10.6. The molecule has 0 aromatic heterocycles. The maximum atomic E-state index is 14.0. The number of nitrogens with one attached hydrogen (secondary N) is 1. The number of halogens is 2. The molecule has 6 rings (SSSR count). The minimum atomic E-state index is -0.286. The summed E-state index contributed by atoms with van der Waals surface area (Å²) < 4.78 is 25.8. The van der Waals surface area contributed by atoms with Gasteiger partial charge in [0.2, 0.25) is 0 Å². The average Bonchev–Trinajstić information content (AvgIpc) is 2.77. The van der Waals surface area contributed by atoms with E-state index >= 15 is 0 Å². The topological polar surface area (TPSA) is 30.5 Å². The van der Waals surface area contributed by atoms with E-state index in [4.69, 9.17) is 21.1 Å². The Morgan fingerprint density at radius 2 is 1.73 bits per heavy atom. The van der Waals surface area contributed by atoms with Crippen LogP contribution < -0.4 is 14.8 Å². The summed E-state index contributed by atoms with van der Waals surface area (Å²) in [6.07, 6.45) is 8.57. The first-order chi connectivity index (χ1) is 16.0. The van der Waals surface area contributed by atoms with Crippen LogP contribution in [-0.2, 0) is 13.2 Å². The Kier molecular flexibility index (Phi) is 6.59. The molecule has 3 nitrogen and oxygen atoms in total. The molecule has 0 amide bonds. The molecule has 4 aliphatic carbocycles. The fourth-order valence-electron chi connectivity index (χ4n) is 7.09. The Morgan fingerprint density at radius 3 is 2.36 bits per heavy atom. The van der Waals surface area contributed by atoms with Crippen LogP contribution in [0.4, 0.5) is 4.39 Å². The lowest BCUT2D eigenvalue weighted by atomic mass is 9.48. The molecule has 0 spiro atoms. The van der Waals surface area contributed by atoms with Gasteiger partial charge in [-0.3, -0.25) is 0 Å². The van der Waals surface area contributed by atoms with Crippen molar-refractivity contribution in [2.75, 3.05) is 6.61 Å². The molecular weight excluding hydrogens is 437 g/mol. The van der Waals surface area contributed by atoms with E-state index in [1.54, 1.807) is 18.2 Å². The van der Waals surface area contributed by atoms with E-state index < -0.39 is 0 Å². The smallest absolute Gasteiger partial charge is 0.180 e. The summed E-state index contributed by atoms with van der Waals surface area (Å²) >= 11 is 6.62. The van der Waals surface area contributed by atoms with E-state index in [2.05, 4.69) is 12.2 Å². The minimum Gasteiger partial charge on any atom is -0.490 e. The summed E-state index contributed by atoms with van der Waals surface area (Å²) in [7, 11) is 0. The van der Waals surface area contributed by atoms with Crippen molar-refractivity contribution in [3.63, 3.8) is 0 Å². The fraction of sp³-hybridized carbons (Fsp3) is 0.571. The van der Waals surface area contributed by atoms with Gasteiger partial charge in [0, 0.05) is 18.2 Å². The van der Waals surface area contributed by atoms with Gasteiger partial charge in [0.25, 0.3) is 0 Å². The monoisotopic (exact) mass is 471 g/mol. The van der Waals surface area contributed by atoms with Crippen molar-refractivity contribution in [1.29, 1.82) is 0 Å². The third-order valence-electron chi connectivity index (χ3n) is 8.32. The number of rotatable bonds is 9. The lowest BCUT2D eigenvalue weighted by Crippen LogP contribution is -2.54. The van der Waals surface area contributed by atoms with Gasteiger partial charge >= 0.3 is 0 Å². The SMILES string of the molecule is CCOc1cc(CN[C@H](C)C23CC4CC(CC(C4)C2)C3)cc(Cl)c1OCc1ccccc1F. The van der Waals surface area contributed by atoms with Crippen molar-refractivity contribution in [2.45, 2.75) is 71.6 Å². The van der Waals surface area contributed by atoms with Gasteiger partial charge in [0.1, 0.15) is 12.4 Å². The van der Waals surface area contributed by atoms with Gasteiger partial charge in [-0.1, -0.05) is 29.8 Å². The summed E-state index contributed by atoms with van der Waals surface area (Å²) in [6, 6.07) is 11.1. The predicted molar refractivity (Wildman–Crippen MR) is 130 cm³/mol. The highest BCUT2D eigenvalue weighted by molar-refractivity contribution is 6.32. The summed E-state index contributed by atoms with van der Waals surface area (Å²) in [5.74, 6) is 3.65. The van der Waals surface area contributed by atoms with Gasteiger partial charge in [0.15, 0.2) is 11.5 Å². The maximum Gasteiger partial charge on any atom is 0.180 e. The molecule has 0 heterocycles. The molecule has 4 aliphatic rings. The summed E-state index contributed by atoms with van der Waals surface area (Å²) in [4.78, 5) is 0. The Balaban J connectivity index is 1.27. The van der Waals surface area contributed by atoms with Crippen molar-refractivity contribution >= 4 is 11.6 Å². The minimum absolute atomic E-state index is 0.104. The lowest BCUT2D eigenvalue weighted by molar-refractivity contribution is -0.0706. The molecule has 33 heavy (non-hydrogen) atoms. The zero-order chi connectivity index (χ0) is 23.0. The number of hydrogen-bond acceptors (Lipinski definition) is 3. The Hall–Kier alpha value is -1.78. The molecule has 4 bridgehead atoms. The quantitative estimate of drug-likeness (QED) is 0.421. The number of benzene rings is 2. The van der Waals surface area contributed by atoms with Crippen molar-refractivity contribution in [2.24, 2.45) is 23.2 Å². The molecule has 4 saturated carbocycles. The van der Waals surface area contributed by atoms with E-state index in [1.807, 2.05) is 19.1 Å². The summed E-state index contributed by atoms with van der Waals surface area (Å²) in [5.41, 5.74) is 2.04. The highest BCUT2D eigenvalue weighted by Gasteiger charge is 2.52. The summed E-state index contributed by atoms with van der Waals surface area (Å²) in [5, 5.41) is 4.33. The Labute approximate surface area is 202 Å². The van der Waals surface area contributed by atoms with Crippen molar-refractivity contribution in [1.82, 2.24) is 5.32 Å². The van der Waals surface area contributed by atoms with E-state index in [0.717, 1.165) is 29.9 Å². The van der Waals surface area contributed by atoms with Crippen LogP contribution in [0, 0.1) is 29.0 Å². The molecule has 0 radical (unpaired) electrons. The highest BCUT2D eigenvalue weighted by atomic mass is 35.5. The van der Waals surface area contributed by atoms with E-state index in [-0.39, 0.29) is 12.4 Å². The van der Waals surface area contributed by atoms with Crippen molar-refractivity contribution < 1.29 is 13.9 Å². The second kappa shape index (κ2) is 9.46. The molecular formula is C28H35ClFNO2. The van der Waals surface area contributed by atoms with Crippen LogP contribution >= 0.6 is 11.6 Å². The van der Waals surface area contributed by atoms with Crippen molar-refractivity contribution in [3.8, 4) is 11.5 Å². The largest absolute Gasteiger partial charge is 0.490 e. The van der Waals surface area contributed by atoms with Gasteiger partial charge in [-0.25, -0.2) is 4.39 Å². The lowest BCUT2D eigenvalue weighted by Gasteiger charge is -2.59. The van der Waals surface area contributed by atoms with Crippen LogP contribution in [-0.4, -0.2) is 12.6 Å². The molecule has 2 aromatic carbocycles. The molecule has 2 aromatic rings. The molecule has 0 aliphatic heterocycles. The molecule has 178 valence electrons. The van der Waals surface area contributed by atoms with E-state index in [0.29, 0.717) is 40.1 Å². The van der Waals surface area contributed by atoms with Gasteiger partial charge in [-0.2, -0.15) is 0 Å². The standard InChI is InChI=1S/C28H35ClFNO2/c1-3-32-26-12-22(11-24(29)27(26)33-17-23-6-4-5-7-25(23)30)16-31-18(2)28-13-19-8-20(14-28)10-21(9-19)15-28/h4-7,11-12,18-21,31H,3,8-10,13-17H2,1-2H3/t18-,19?,20?,21?,28?/m1/s1. The van der Waals surface area contributed by atoms with Crippen molar-refractivity contribution in [3.05, 3.63) is 58.4 Å². The summed E-state index contributed by atoms with van der Waals surface area (Å²) in [6.45, 7) is 5.68. The Bertz CT molecular complexity index is 959. The first kappa shape index (κ1) is 23.0. The average molecular weight is 472 g/mol. The third kappa shape index (κ3) is 4.74. The van der Waals surface area contributed by atoms with Gasteiger partial charge in [-0.15, -0.1) is 0 Å². The molecule has 4 fully saturated rings. The second-order valence-corrected chi connectivity index (χ2v) is 11.0. The highest BCUT2D eigenvalue weighted by Crippen LogP contribution is 2.61. The van der Waals surface area contributed by atoms with Gasteiger partial charge in [0.05, 0.1) is 11.6 Å². The van der Waals surface area contributed by atoms with Gasteiger partial charge in [-0.05, 0) is 99.3 Å². The molecule has 0 saturated heterocycles. The number of hydrogen-bond donors (Lipinski definition) is 1. The fourth-order valence-corrected chi connectivity index (χ4v) is 7.38. The normalized spacial score (nSPS) is 28.7. The van der Waals surface area contributed by atoms with E-state index in [9.17, 15) is 4.39 Å². The van der Waals surface area contributed by atoms with Crippen LogP contribution in [0.15, 0.2) is 36.4 Å². The van der Waals surface area contributed by atoms with Gasteiger partial charge < -0.3 is 14.8 Å². The van der Waals surface area contributed by atoms with Crippen LogP contribution in [0.5, 0.6) is 11.5 Å². The van der Waals surface area contributed by atoms with Crippen LogP contribution in [0.1, 0.15) is 63.5 Å². The molecule has 1 N–H and O–H groups in total. The molecule has 0 unspecified atom stereocenters. The van der Waals surface area contributed by atoms with Crippen LogP contribution in [0.3, 0.4) is 0 Å². The molecule has 1 atom stereocenters. The maximum absolute atomic E-state index is 14.0. The first-order valence-electron chi connectivity index (χ1n) is 12.5. The predicted octanol–water partition coefficient (Wildman–Crippen LogP) is 7.15. The Morgan fingerprint density at radius 1 is 1.06 bits per heavy atom. The zero-order valence-corrected chi connectivity index (χ0v) is 20.5. The van der Waals surface area contributed by atoms with Crippen LogP contribution in [0.25, 0.3) is 0 Å². The number of ether oxygens (including phenoxy) is 2.